The highest BCUT2D eigenvalue weighted by Crippen LogP contribution is 2.24. The van der Waals surface area contributed by atoms with E-state index in [4.69, 9.17) is 14.2 Å². The number of hydrogen-bond donors (Lipinski definition) is 1. The van der Waals surface area contributed by atoms with Crippen molar-refractivity contribution < 1.29 is 19.0 Å². The average molecular weight is 357 g/mol. The molecule has 0 bridgehead atoms. The third-order valence-electron chi connectivity index (χ3n) is 4.08. The maximum Gasteiger partial charge on any atom is 0.251 e. The van der Waals surface area contributed by atoms with Crippen LogP contribution in [0.25, 0.3) is 0 Å². The van der Waals surface area contributed by atoms with Crippen molar-refractivity contribution in [2.24, 2.45) is 0 Å². The molecule has 0 saturated carbocycles. The van der Waals surface area contributed by atoms with E-state index in [1.807, 2.05) is 37.3 Å². The maximum atomic E-state index is 12.4. The normalized spacial score (nSPS) is 11.5. The first-order valence-electron chi connectivity index (χ1n) is 8.82. The Bertz CT molecular complexity index is 730. The second-order valence-corrected chi connectivity index (χ2v) is 6.16. The lowest BCUT2D eigenvalue weighted by Gasteiger charge is -2.15. The molecule has 0 aliphatic heterocycles. The monoisotopic (exact) mass is 357 g/mol. The summed E-state index contributed by atoms with van der Waals surface area (Å²) in [6.45, 7) is 4.41. The van der Waals surface area contributed by atoms with E-state index in [1.165, 1.54) is 0 Å². The van der Waals surface area contributed by atoms with E-state index in [9.17, 15) is 4.79 Å². The number of ether oxygens (including phenoxy) is 3. The number of amides is 1. The van der Waals surface area contributed by atoms with Gasteiger partial charge in [-0.3, -0.25) is 4.79 Å². The maximum absolute atomic E-state index is 12.4. The zero-order valence-corrected chi connectivity index (χ0v) is 15.9. The number of rotatable bonds is 9. The lowest BCUT2D eigenvalue weighted by Crippen LogP contribution is -2.32. The van der Waals surface area contributed by atoms with Crippen LogP contribution in [0.5, 0.6) is 17.2 Å². The van der Waals surface area contributed by atoms with Crippen LogP contribution in [0.2, 0.25) is 0 Å². The SMILES string of the molecule is CCC[C@H](C)NC(=O)c1ccc(OC)c(COc2cccc(OC)c2)c1. The molecule has 1 N–H and O–H groups in total. The second-order valence-electron chi connectivity index (χ2n) is 6.16. The molecule has 0 fully saturated rings. The van der Waals surface area contributed by atoms with Crippen molar-refractivity contribution in [2.75, 3.05) is 14.2 Å². The molecule has 1 atom stereocenters. The van der Waals surface area contributed by atoms with Gasteiger partial charge >= 0.3 is 0 Å². The number of carbonyl (C=O) groups is 1. The van der Waals surface area contributed by atoms with E-state index in [-0.39, 0.29) is 11.9 Å². The summed E-state index contributed by atoms with van der Waals surface area (Å²) in [5, 5.41) is 3.01. The molecule has 0 radical (unpaired) electrons. The molecular weight excluding hydrogens is 330 g/mol. The molecule has 0 unspecified atom stereocenters. The van der Waals surface area contributed by atoms with Crippen molar-refractivity contribution in [2.45, 2.75) is 39.3 Å². The minimum atomic E-state index is -0.0868. The van der Waals surface area contributed by atoms with Crippen LogP contribution < -0.4 is 19.5 Å². The quantitative estimate of drug-likeness (QED) is 0.731. The predicted octanol–water partition coefficient (Wildman–Crippen LogP) is 4.20. The van der Waals surface area contributed by atoms with Gasteiger partial charge in [-0.25, -0.2) is 0 Å². The van der Waals surface area contributed by atoms with E-state index in [0.717, 1.165) is 24.2 Å². The fraction of sp³-hybridized carbons (Fsp3) is 0.381. The summed E-state index contributed by atoms with van der Waals surface area (Å²) >= 11 is 0. The van der Waals surface area contributed by atoms with Gasteiger partial charge in [-0.05, 0) is 43.7 Å². The van der Waals surface area contributed by atoms with E-state index in [0.29, 0.717) is 23.7 Å². The van der Waals surface area contributed by atoms with Gasteiger partial charge in [0, 0.05) is 23.2 Å². The molecule has 0 aliphatic rings. The molecule has 0 aliphatic carbocycles. The first kappa shape index (κ1) is 19.6. The Kier molecular flexibility index (Phi) is 7.33. The Balaban J connectivity index is 2.12. The van der Waals surface area contributed by atoms with Gasteiger partial charge in [-0.1, -0.05) is 19.4 Å². The van der Waals surface area contributed by atoms with Crippen LogP contribution in [0, 0.1) is 0 Å². The van der Waals surface area contributed by atoms with Crippen LogP contribution in [0.1, 0.15) is 42.6 Å². The molecule has 2 rings (SSSR count). The highest BCUT2D eigenvalue weighted by Gasteiger charge is 2.13. The molecule has 0 saturated heterocycles. The summed E-state index contributed by atoms with van der Waals surface area (Å²) < 4.78 is 16.4. The fourth-order valence-electron chi connectivity index (χ4n) is 2.70. The third kappa shape index (κ3) is 5.41. The van der Waals surface area contributed by atoms with Gasteiger partial charge in [0.1, 0.15) is 23.9 Å². The number of hydrogen-bond acceptors (Lipinski definition) is 4. The Hall–Kier alpha value is -2.69. The number of benzene rings is 2. The fourth-order valence-corrected chi connectivity index (χ4v) is 2.70. The van der Waals surface area contributed by atoms with Crippen LogP contribution >= 0.6 is 0 Å². The molecule has 2 aromatic carbocycles. The van der Waals surface area contributed by atoms with Gasteiger partial charge in [0.15, 0.2) is 0 Å². The summed E-state index contributed by atoms with van der Waals surface area (Å²) in [5.41, 5.74) is 1.41. The molecule has 1 amide bonds. The van der Waals surface area contributed by atoms with Gasteiger partial charge in [0.25, 0.3) is 5.91 Å². The predicted molar refractivity (Wildman–Crippen MR) is 102 cm³/mol. The Labute approximate surface area is 155 Å². The molecule has 0 aromatic heterocycles. The van der Waals surface area contributed by atoms with Gasteiger partial charge in [0.05, 0.1) is 14.2 Å². The van der Waals surface area contributed by atoms with Crippen LogP contribution in [-0.2, 0) is 6.61 Å². The summed E-state index contributed by atoms with van der Waals surface area (Å²) in [5.74, 6) is 2.02. The number of nitrogens with one attached hydrogen (secondary N) is 1. The molecule has 0 spiro atoms. The first-order chi connectivity index (χ1) is 12.6. The summed E-state index contributed by atoms with van der Waals surface area (Å²) in [6, 6.07) is 12.9. The topological polar surface area (TPSA) is 56.8 Å². The summed E-state index contributed by atoms with van der Waals surface area (Å²) in [4.78, 5) is 12.4. The zero-order valence-electron chi connectivity index (χ0n) is 15.9. The first-order valence-corrected chi connectivity index (χ1v) is 8.82. The van der Waals surface area contributed by atoms with E-state index in [2.05, 4.69) is 12.2 Å². The van der Waals surface area contributed by atoms with Gasteiger partial charge in [0.2, 0.25) is 0 Å². The average Bonchev–Trinajstić information content (AvgIpc) is 2.66. The Morgan fingerprint density at radius 2 is 1.85 bits per heavy atom. The van der Waals surface area contributed by atoms with Crippen LogP contribution in [0.4, 0.5) is 0 Å². The number of methoxy groups -OCH3 is 2. The molecular formula is C21H27NO4. The van der Waals surface area contributed by atoms with Crippen molar-refractivity contribution in [3.05, 3.63) is 53.6 Å². The molecule has 5 heteroatoms. The summed E-state index contributed by atoms with van der Waals surface area (Å²) in [7, 11) is 3.22. The summed E-state index contributed by atoms with van der Waals surface area (Å²) in [6.07, 6.45) is 1.98. The molecule has 26 heavy (non-hydrogen) atoms. The van der Waals surface area contributed by atoms with Gasteiger partial charge < -0.3 is 19.5 Å². The highest BCUT2D eigenvalue weighted by molar-refractivity contribution is 5.94. The van der Waals surface area contributed by atoms with E-state index < -0.39 is 0 Å². The molecule has 140 valence electrons. The van der Waals surface area contributed by atoms with Gasteiger partial charge in [-0.15, -0.1) is 0 Å². The standard InChI is InChI=1S/C21H27NO4/c1-5-7-15(2)22-21(23)16-10-11-20(25-4)17(12-16)14-26-19-9-6-8-18(13-19)24-3/h6,8-13,15H,5,7,14H2,1-4H3,(H,22,23)/t15-/m0/s1. The second kappa shape index (κ2) is 9.70. The molecule has 5 nitrogen and oxygen atoms in total. The van der Waals surface area contributed by atoms with E-state index >= 15 is 0 Å². The Morgan fingerprint density at radius 1 is 1.08 bits per heavy atom. The van der Waals surface area contributed by atoms with Crippen molar-refractivity contribution >= 4 is 5.91 Å². The zero-order chi connectivity index (χ0) is 18.9. The van der Waals surface area contributed by atoms with Crippen LogP contribution in [-0.4, -0.2) is 26.2 Å². The minimum Gasteiger partial charge on any atom is -0.497 e. The molecule has 2 aromatic rings. The largest absolute Gasteiger partial charge is 0.497 e. The van der Waals surface area contributed by atoms with Crippen LogP contribution in [0.15, 0.2) is 42.5 Å². The van der Waals surface area contributed by atoms with Crippen molar-refractivity contribution in [3.8, 4) is 17.2 Å². The highest BCUT2D eigenvalue weighted by atomic mass is 16.5. The lowest BCUT2D eigenvalue weighted by atomic mass is 10.1. The molecule has 0 heterocycles. The van der Waals surface area contributed by atoms with E-state index in [1.54, 1.807) is 26.4 Å². The smallest absolute Gasteiger partial charge is 0.251 e. The third-order valence-corrected chi connectivity index (χ3v) is 4.08. The Morgan fingerprint density at radius 3 is 2.54 bits per heavy atom. The van der Waals surface area contributed by atoms with Crippen LogP contribution in [0.3, 0.4) is 0 Å². The van der Waals surface area contributed by atoms with Crippen molar-refractivity contribution in [3.63, 3.8) is 0 Å². The lowest BCUT2D eigenvalue weighted by molar-refractivity contribution is 0.0938. The minimum absolute atomic E-state index is 0.0868. The van der Waals surface area contributed by atoms with Crippen molar-refractivity contribution in [1.82, 2.24) is 5.32 Å². The number of carbonyl (C=O) groups excluding carboxylic acids is 1. The van der Waals surface area contributed by atoms with Crippen molar-refractivity contribution in [1.29, 1.82) is 0 Å². The van der Waals surface area contributed by atoms with Gasteiger partial charge in [-0.2, -0.15) is 0 Å².